The smallest absolute Gasteiger partial charge is 0.497 e. The van der Waals surface area contributed by atoms with Crippen molar-refractivity contribution in [2.45, 2.75) is 13.8 Å². The molecule has 628 valence electrons. The average Bonchev–Trinajstić information content (AvgIpc) is 1.54. The van der Waals surface area contributed by atoms with E-state index in [0.717, 1.165) is 147 Å². The number of nitrogens with zero attached hydrogens (tertiary/aromatic N) is 10. The molecule has 0 fully saturated rings. The van der Waals surface area contributed by atoms with Crippen molar-refractivity contribution >= 4 is 111 Å². The summed E-state index contributed by atoms with van der Waals surface area (Å²) in [7, 11) is 4.06. The summed E-state index contributed by atoms with van der Waals surface area (Å²) in [5.74, 6) is 121. The maximum absolute atomic E-state index is 9.00. The van der Waals surface area contributed by atoms with Gasteiger partial charge in [0, 0.05) is 278 Å². The molecule has 8 aromatic heterocycles. The van der Waals surface area contributed by atoms with E-state index in [4.69, 9.17) is 72.0 Å². The molecule has 0 spiro atoms. The summed E-state index contributed by atoms with van der Waals surface area (Å²) in [6.07, 6.45) is 13.5. The van der Waals surface area contributed by atoms with Crippen LogP contribution in [-0.4, -0.2) is 70.0 Å². The molecule has 0 saturated carbocycles. The van der Waals surface area contributed by atoms with Gasteiger partial charge in [0.25, 0.3) is 11.9 Å². The Morgan fingerprint density at radius 2 is 0.640 bits per heavy atom. The maximum Gasteiger partial charge on any atom is 2.00 e. The number of para-hydroxylation sites is 8. The second-order valence-electron chi connectivity index (χ2n) is 25.8. The Morgan fingerprint density at radius 3 is 1.05 bits per heavy atom. The molecule has 0 aliphatic rings. The Labute approximate surface area is 812 Å². The number of carboxylic acid groups (broad SMARTS) is 2. The van der Waals surface area contributed by atoms with Gasteiger partial charge in [-0.25, -0.2) is 9.97 Å². The zero-order valence-corrected chi connectivity index (χ0v) is 74.5. The van der Waals surface area contributed by atoms with E-state index in [9.17, 15) is 0 Å². The zero-order valence-electron chi connectivity index (χ0n) is 71.4. The molecule has 136 heavy (non-hydrogen) atoms. The number of hydrogen-bond donors (Lipinski definition) is 2. The molecular formula is C118H50N10O6Pd2. The number of aryl methyl sites for hydroxylation is 2. The minimum Gasteiger partial charge on any atom is -0.497 e. The Balaban J connectivity index is 0.000000202. The van der Waals surface area contributed by atoms with Crippen LogP contribution in [0.5, 0.6) is 23.0 Å². The minimum atomic E-state index is -0.833. The van der Waals surface area contributed by atoms with E-state index in [1.54, 1.807) is 0 Å². The number of terminal acetylenes is 2. The monoisotopic (exact) mass is 1910 g/mol. The first-order valence-electron chi connectivity index (χ1n) is 39.1. The molecule has 0 aliphatic heterocycles. The molecule has 16 aromatic rings. The second-order valence-corrected chi connectivity index (χ2v) is 25.8. The van der Waals surface area contributed by atoms with Crippen molar-refractivity contribution in [1.29, 1.82) is 0 Å². The number of carboxylic acids is 2. The number of pyridine rings is 4. The summed E-state index contributed by atoms with van der Waals surface area (Å²) in [6, 6.07) is 71.6. The van der Waals surface area contributed by atoms with Crippen molar-refractivity contribution in [3.63, 3.8) is 0 Å². The van der Waals surface area contributed by atoms with E-state index in [1.165, 1.54) is 0 Å². The van der Waals surface area contributed by atoms with E-state index in [0.29, 0.717) is 11.5 Å². The van der Waals surface area contributed by atoms with Crippen LogP contribution >= 0.6 is 0 Å². The van der Waals surface area contributed by atoms with Crippen LogP contribution in [0.4, 0.5) is 0 Å². The summed E-state index contributed by atoms with van der Waals surface area (Å²) in [5.41, 5.74) is 15.5. The van der Waals surface area contributed by atoms with Crippen LogP contribution in [0.3, 0.4) is 0 Å². The Bertz CT molecular complexity index is 8850. The van der Waals surface area contributed by atoms with Crippen LogP contribution in [-0.2, 0) is 64.5 Å². The maximum atomic E-state index is 9.00. The van der Waals surface area contributed by atoms with Crippen molar-refractivity contribution in [2.24, 2.45) is 14.1 Å². The van der Waals surface area contributed by atoms with Crippen molar-refractivity contribution in [3.8, 4) is 343 Å². The predicted molar refractivity (Wildman–Crippen MR) is 524 cm³/mol. The van der Waals surface area contributed by atoms with Crippen molar-refractivity contribution in [1.82, 2.24) is 47.8 Å². The molecule has 0 amide bonds. The van der Waals surface area contributed by atoms with Crippen LogP contribution in [0.25, 0.3) is 122 Å². The molecular weight excluding hydrogens is 1870 g/mol. The van der Waals surface area contributed by atoms with Crippen molar-refractivity contribution in [3.05, 3.63) is 219 Å². The molecule has 16 rings (SSSR count). The van der Waals surface area contributed by atoms with Gasteiger partial charge in [-0.1, -0.05) is 89.6 Å². The summed E-state index contributed by atoms with van der Waals surface area (Å²) in [5, 5.41) is 18.7. The van der Waals surface area contributed by atoms with Gasteiger partial charge in [-0.3, -0.25) is 33.9 Å². The summed E-state index contributed by atoms with van der Waals surface area (Å²) in [4.78, 5) is 47.0. The van der Waals surface area contributed by atoms with Crippen LogP contribution in [0.15, 0.2) is 207 Å². The molecule has 8 aromatic carbocycles. The second kappa shape index (κ2) is 52.0. The Hall–Kier alpha value is -21.2. The molecule has 0 aliphatic carbocycles. The molecule has 8 heterocycles. The number of hydrogen-bond acceptors (Lipinski definition) is 10. The fourth-order valence-electron chi connectivity index (χ4n) is 12.2. The van der Waals surface area contributed by atoms with E-state index in [2.05, 4.69) is 369 Å². The number of fused-ring (bicyclic) bond motifs is 18. The standard InChI is InChI=1S/C50H2.C32H21N5O.C32H19N5O.2C2H4O2.2Pd/c1-3-5-7-9-11-13-15-17-19-21-23-25-27-29-31-33-35-37-39-41-43-45-47-49-50-48-46-44-42-40-38-36-34-32-30-28-26-24-22-20-18-16-14-12-10-8-6-4-2;2*1-36-27-12-4-2-10-25(27)34-31(36)20-8-6-9-21(18-20)38-22-15-16-23-24(19-22)32-35-26-11-3-5-13-28(26)37(32)29-14-7-17-33-30(23)29;2*1-2(3)4;;/h1-2H;2-19H,1H3;2-17H,1H3;2*1H3,(H,3,4);;/q;;-2;;;;+2. The third-order valence-electron chi connectivity index (χ3n) is 17.1. The number of rotatable bonds is 6. The minimum absolute atomic E-state index is 0. The first kappa shape index (κ1) is 97.0. The summed E-state index contributed by atoms with van der Waals surface area (Å²) < 4.78 is 21.2. The van der Waals surface area contributed by atoms with Gasteiger partial charge in [0.15, 0.2) is 0 Å². The molecule has 0 atom stereocenters. The quantitative estimate of drug-likeness (QED) is 0.0695. The third kappa shape index (κ3) is 27.7. The van der Waals surface area contributed by atoms with Crippen molar-refractivity contribution in [2.75, 3.05) is 0 Å². The number of benzene rings is 8. The molecule has 2 N–H and O–H groups in total. The van der Waals surface area contributed by atoms with Gasteiger partial charge < -0.3 is 33.2 Å². The normalized spacial score (nSPS) is 8.40. The van der Waals surface area contributed by atoms with Crippen LogP contribution in [0, 0.1) is 309 Å². The van der Waals surface area contributed by atoms with Gasteiger partial charge in [-0.2, -0.15) is 0 Å². The molecule has 16 nitrogen and oxygen atoms in total. The first-order chi connectivity index (χ1) is 65.9. The number of carbonyl (C=O) groups is 2. The predicted octanol–water partition coefficient (Wildman–Crippen LogP) is 15.2. The molecule has 0 bridgehead atoms. The molecule has 0 unspecified atom stereocenters. The third-order valence-corrected chi connectivity index (χ3v) is 17.1. The Morgan fingerprint density at radius 1 is 0.316 bits per heavy atom. The first-order valence-corrected chi connectivity index (χ1v) is 39.1. The number of imidazole rings is 4. The van der Waals surface area contributed by atoms with Gasteiger partial charge in [-0.15, -0.1) is 42.7 Å². The largest absolute Gasteiger partial charge is 2.00 e. The van der Waals surface area contributed by atoms with E-state index < -0.39 is 11.9 Å². The topological polar surface area (TPSA) is 189 Å². The van der Waals surface area contributed by atoms with Crippen molar-refractivity contribution < 1.29 is 70.1 Å². The number of aliphatic carboxylic acids is 2. The van der Waals surface area contributed by atoms with E-state index in [-0.39, 0.29) is 40.8 Å². The van der Waals surface area contributed by atoms with Gasteiger partial charge in [0.05, 0.1) is 77.7 Å². The molecule has 0 saturated heterocycles. The fourth-order valence-corrected chi connectivity index (χ4v) is 12.2. The SMILES string of the molecule is C#CC#CC#CC#CC#CC#CC#CC#CC#CC#CC#CC#CC#CC#CC#CC#CC#CC#CC#CC#CC#CC#CC#CC#CC#C.CC(=O)O.CC(=O)O.Cn1c(-c2[c-]c(Oc3[c-]c4c(cc3)c3ncccc3n3c5ccccc5nc43)ccc2)nc2ccccc21.Cn1c(-c2cccc(Oc3ccc4c(c3)c3nc5ccccc5n3c3cccnc43)c2)nc2ccccc21.[Pd+2].[Pd]. The van der Waals surface area contributed by atoms with Gasteiger partial charge in [0.2, 0.25) is 0 Å². The summed E-state index contributed by atoms with van der Waals surface area (Å²) >= 11 is 0. The molecule has 18 heteroatoms. The molecule has 0 radical (unpaired) electrons. The summed E-state index contributed by atoms with van der Waals surface area (Å²) in [6.45, 7) is 2.17. The fraction of sp³-hybridized carbons (Fsp3) is 0.0339. The van der Waals surface area contributed by atoms with Crippen LogP contribution in [0.2, 0.25) is 0 Å². The number of ether oxygens (including phenoxy) is 2. The van der Waals surface area contributed by atoms with E-state index >= 15 is 0 Å². The van der Waals surface area contributed by atoms with Gasteiger partial charge in [-0.05, 0) is 198 Å². The Kier molecular flexibility index (Phi) is 37.1. The van der Waals surface area contributed by atoms with Gasteiger partial charge >= 0.3 is 20.4 Å². The van der Waals surface area contributed by atoms with Gasteiger partial charge in [0.1, 0.15) is 23.0 Å². The van der Waals surface area contributed by atoms with Crippen LogP contribution in [0.1, 0.15) is 13.8 Å². The van der Waals surface area contributed by atoms with Crippen LogP contribution < -0.4 is 9.47 Å². The average molecular weight is 1920 g/mol. The number of aromatic nitrogens is 10. The van der Waals surface area contributed by atoms with E-state index in [1.807, 2.05) is 166 Å². The zero-order chi connectivity index (χ0) is 93.5.